The van der Waals surface area contributed by atoms with Crippen LogP contribution < -0.4 is 5.63 Å². The highest BCUT2D eigenvalue weighted by molar-refractivity contribution is 9.10. The first-order chi connectivity index (χ1) is 11.0. The van der Waals surface area contributed by atoms with Crippen LogP contribution in [0.5, 0.6) is 0 Å². The van der Waals surface area contributed by atoms with Crippen LogP contribution in [0.1, 0.15) is 21.5 Å². The Labute approximate surface area is 140 Å². The summed E-state index contributed by atoms with van der Waals surface area (Å²) in [5.74, 6) is -0.507. The van der Waals surface area contributed by atoms with Gasteiger partial charge < -0.3 is 9.15 Å². The first-order valence-electron chi connectivity index (χ1n) is 6.84. The second-order valence-electron chi connectivity index (χ2n) is 5.06. The molecule has 0 amide bonds. The van der Waals surface area contributed by atoms with Gasteiger partial charge in [0.15, 0.2) is 0 Å². The second kappa shape index (κ2) is 6.34. The zero-order chi connectivity index (χ0) is 16.4. The van der Waals surface area contributed by atoms with Crippen molar-refractivity contribution in [3.8, 4) is 0 Å². The molecule has 0 saturated heterocycles. The van der Waals surface area contributed by atoms with Crippen molar-refractivity contribution in [1.82, 2.24) is 4.98 Å². The quantitative estimate of drug-likeness (QED) is 0.518. The Balaban J connectivity index is 1.87. The van der Waals surface area contributed by atoms with Crippen LogP contribution in [0.3, 0.4) is 0 Å². The van der Waals surface area contributed by atoms with E-state index < -0.39 is 11.6 Å². The van der Waals surface area contributed by atoms with Gasteiger partial charge in [0.1, 0.15) is 12.2 Å². The number of pyridine rings is 1. The van der Waals surface area contributed by atoms with Gasteiger partial charge in [0, 0.05) is 33.9 Å². The molecular formula is C17H12BrNO4. The van der Waals surface area contributed by atoms with Crippen LogP contribution in [0.4, 0.5) is 0 Å². The van der Waals surface area contributed by atoms with Crippen molar-refractivity contribution in [2.24, 2.45) is 0 Å². The summed E-state index contributed by atoms with van der Waals surface area (Å²) < 4.78 is 11.1. The van der Waals surface area contributed by atoms with Crippen LogP contribution >= 0.6 is 15.9 Å². The molecule has 0 bridgehead atoms. The predicted molar refractivity (Wildman–Crippen MR) is 88.3 cm³/mol. The van der Waals surface area contributed by atoms with Crippen molar-refractivity contribution in [2.45, 2.75) is 13.5 Å². The van der Waals surface area contributed by atoms with Gasteiger partial charge in [-0.05, 0) is 40.5 Å². The zero-order valence-electron chi connectivity index (χ0n) is 12.2. The molecule has 5 nitrogen and oxygen atoms in total. The third kappa shape index (κ3) is 3.48. The molecule has 0 unspecified atom stereocenters. The van der Waals surface area contributed by atoms with E-state index in [-0.39, 0.29) is 6.61 Å². The lowest BCUT2D eigenvalue weighted by atomic mass is 10.1. The number of ether oxygens (including phenoxy) is 1. The molecule has 0 aliphatic heterocycles. The Morgan fingerprint density at radius 2 is 2.09 bits per heavy atom. The molecule has 3 aromatic rings. The minimum atomic E-state index is -0.507. The molecular weight excluding hydrogens is 362 g/mol. The fraction of sp³-hybridized carbons (Fsp3) is 0.118. The molecule has 23 heavy (non-hydrogen) atoms. The Hall–Kier alpha value is -2.47. The summed E-state index contributed by atoms with van der Waals surface area (Å²) >= 11 is 3.25. The van der Waals surface area contributed by atoms with Gasteiger partial charge in [0.2, 0.25) is 0 Å². The first kappa shape index (κ1) is 15.4. The summed E-state index contributed by atoms with van der Waals surface area (Å²) in [5, 5.41) is 0.746. The summed E-state index contributed by atoms with van der Waals surface area (Å²) in [7, 11) is 0. The van der Waals surface area contributed by atoms with Crippen molar-refractivity contribution in [3.05, 3.63) is 74.3 Å². The SMILES string of the molecule is Cc1ccc2c(COC(=O)c3cncc(Br)c3)cc(=O)oc2c1. The number of hydrogen-bond donors (Lipinski definition) is 0. The molecule has 0 saturated carbocycles. The van der Waals surface area contributed by atoms with Crippen LogP contribution in [0.25, 0.3) is 11.0 Å². The zero-order valence-corrected chi connectivity index (χ0v) is 13.8. The van der Waals surface area contributed by atoms with Crippen molar-refractivity contribution in [1.29, 1.82) is 0 Å². The van der Waals surface area contributed by atoms with Crippen LogP contribution in [-0.2, 0) is 11.3 Å². The first-order valence-corrected chi connectivity index (χ1v) is 7.63. The number of hydrogen-bond acceptors (Lipinski definition) is 5. The average molecular weight is 374 g/mol. The highest BCUT2D eigenvalue weighted by Crippen LogP contribution is 2.20. The summed E-state index contributed by atoms with van der Waals surface area (Å²) in [5.41, 5.74) is 1.93. The molecule has 0 spiro atoms. The smallest absolute Gasteiger partial charge is 0.340 e. The van der Waals surface area contributed by atoms with Crippen LogP contribution in [-0.4, -0.2) is 11.0 Å². The number of aromatic nitrogens is 1. The topological polar surface area (TPSA) is 69.4 Å². The number of halogens is 1. The molecule has 1 aromatic carbocycles. The van der Waals surface area contributed by atoms with Gasteiger partial charge in [0.05, 0.1) is 5.56 Å². The third-order valence-corrected chi connectivity index (χ3v) is 3.72. The monoisotopic (exact) mass is 373 g/mol. The molecule has 2 aromatic heterocycles. The number of carbonyl (C=O) groups excluding carboxylic acids is 1. The van der Waals surface area contributed by atoms with Crippen molar-refractivity contribution >= 4 is 32.9 Å². The van der Waals surface area contributed by atoms with E-state index in [0.717, 1.165) is 10.9 Å². The van der Waals surface area contributed by atoms with Gasteiger partial charge in [-0.3, -0.25) is 4.98 Å². The maximum Gasteiger partial charge on any atom is 0.340 e. The highest BCUT2D eigenvalue weighted by atomic mass is 79.9. The summed E-state index contributed by atoms with van der Waals surface area (Å²) in [6.45, 7) is 1.89. The lowest BCUT2D eigenvalue weighted by Crippen LogP contribution is -2.08. The highest BCUT2D eigenvalue weighted by Gasteiger charge is 2.11. The van der Waals surface area contributed by atoms with Gasteiger partial charge in [-0.2, -0.15) is 0 Å². The molecule has 0 aliphatic carbocycles. The fourth-order valence-electron chi connectivity index (χ4n) is 2.21. The molecule has 116 valence electrons. The molecule has 0 aliphatic rings. The van der Waals surface area contributed by atoms with E-state index in [2.05, 4.69) is 20.9 Å². The Kier molecular flexibility index (Phi) is 4.25. The Morgan fingerprint density at radius 3 is 2.87 bits per heavy atom. The normalized spacial score (nSPS) is 10.7. The van der Waals surface area contributed by atoms with Crippen LogP contribution in [0, 0.1) is 6.92 Å². The molecule has 3 rings (SSSR count). The van der Waals surface area contributed by atoms with E-state index in [1.807, 2.05) is 19.1 Å². The number of benzene rings is 1. The molecule has 0 radical (unpaired) electrons. The van der Waals surface area contributed by atoms with E-state index in [1.54, 1.807) is 18.3 Å². The number of carbonyl (C=O) groups is 1. The largest absolute Gasteiger partial charge is 0.457 e. The van der Waals surface area contributed by atoms with Gasteiger partial charge >= 0.3 is 11.6 Å². The number of esters is 1. The van der Waals surface area contributed by atoms with Crippen molar-refractivity contribution < 1.29 is 13.9 Å². The minimum absolute atomic E-state index is 0.0174. The average Bonchev–Trinajstić information content (AvgIpc) is 2.51. The fourth-order valence-corrected chi connectivity index (χ4v) is 2.57. The van der Waals surface area contributed by atoms with Gasteiger partial charge in [-0.1, -0.05) is 12.1 Å². The third-order valence-electron chi connectivity index (χ3n) is 3.29. The molecule has 0 fully saturated rings. The summed E-state index contributed by atoms with van der Waals surface area (Å²) in [6, 6.07) is 8.49. The second-order valence-corrected chi connectivity index (χ2v) is 5.97. The van der Waals surface area contributed by atoms with E-state index in [4.69, 9.17) is 9.15 Å². The predicted octanol–water partition coefficient (Wildman–Crippen LogP) is 3.62. The molecule has 0 N–H and O–H groups in total. The number of rotatable bonds is 3. The summed E-state index contributed by atoms with van der Waals surface area (Å²) in [4.78, 5) is 27.6. The number of nitrogens with zero attached hydrogens (tertiary/aromatic N) is 1. The van der Waals surface area contributed by atoms with Gasteiger partial charge in [-0.25, -0.2) is 9.59 Å². The summed E-state index contributed by atoms with van der Waals surface area (Å²) in [6.07, 6.45) is 3.00. The van der Waals surface area contributed by atoms with E-state index in [9.17, 15) is 9.59 Å². The lowest BCUT2D eigenvalue weighted by Gasteiger charge is -2.07. The van der Waals surface area contributed by atoms with Gasteiger partial charge in [0.25, 0.3) is 0 Å². The van der Waals surface area contributed by atoms with E-state index >= 15 is 0 Å². The van der Waals surface area contributed by atoms with Crippen LogP contribution in [0.2, 0.25) is 0 Å². The number of fused-ring (bicyclic) bond motifs is 1. The molecule has 6 heteroatoms. The Morgan fingerprint density at radius 1 is 1.26 bits per heavy atom. The minimum Gasteiger partial charge on any atom is -0.457 e. The number of aryl methyl sites for hydroxylation is 1. The maximum atomic E-state index is 12.1. The standard InChI is InChI=1S/C17H12BrNO4/c1-10-2-3-14-12(6-16(20)23-15(14)4-10)9-22-17(21)11-5-13(18)8-19-7-11/h2-8H,9H2,1H3. The van der Waals surface area contributed by atoms with Crippen LogP contribution in [0.15, 0.2) is 56.4 Å². The van der Waals surface area contributed by atoms with Crippen molar-refractivity contribution in [2.75, 3.05) is 0 Å². The van der Waals surface area contributed by atoms with Crippen molar-refractivity contribution in [3.63, 3.8) is 0 Å². The molecule has 0 atom stereocenters. The molecule has 2 heterocycles. The van der Waals surface area contributed by atoms with Gasteiger partial charge in [-0.15, -0.1) is 0 Å². The van der Waals surface area contributed by atoms with E-state index in [1.165, 1.54) is 12.3 Å². The maximum absolute atomic E-state index is 12.1. The Bertz CT molecular complexity index is 949. The van der Waals surface area contributed by atoms with E-state index in [0.29, 0.717) is 21.2 Å². The lowest BCUT2D eigenvalue weighted by molar-refractivity contribution is 0.0473.